The number of aliphatic hydroxyl groups is 8. The largest absolute Gasteiger partial charge is 0.726 e. The van der Waals surface area contributed by atoms with Crippen LogP contribution in [0.5, 0.6) is 0 Å². The quantitative estimate of drug-likeness (QED) is 0.0507. The summed E-state index contributed by atoms with van der Waals surface area (Å²) in [6.45, 7) is -0.962. The van der Waals surface area contributed by atoms with E-state index in [2.05, 4.69) is 19.0 Å². The average molecular weight is 933 g/mol. The van der Waals surface area contributed by atoms with E-state index in [4.69, 9.17) is 33.2 Å². The van der Waals surface area contributed by atoms with Gasteiger partial charge in [0.2, 0.25) is 32.6 Å². The highest BCUT2D eigenvalue weighted by Gasteiger charge is 2.57. The maximum absolute atomic E-state index is 12.5. The standard InChI is InChI=1S/C28H44N2O29S2/c1-5(33)29-9-18(16(58-60(45,46)47)7(3-31)51-25(9)44)53-28-15(39)20(14(38)22(57-28)24(42)43)55-26-10(30-6(2)34)19(17(8(4-32)52-26)59-61(48,49)50)54-27-13(37)11(35)12(36)21(56-27)23(40)41/h7-22,25-28,31-32,35-39,44H,3-4H2,1-2H3,(H,29,33)(H,30,34)(H,40,41)(H,42,43)(H,45,46,47)(H,48,49,50)/p-4/t7-,8-,9-,10-,11+,12+,13-,14+,15-,16+,17+,18-,19-,20+,21-,22-,25-,26+,27-,28-/m1/s1. The topological polar surface area (TPSA) is 498 Å². The van der Waals surface area contributed by atoms with Crippen LogP contribution in [0.25, 0.3) is 0 Å². The first kappa shape index (κ1) is 50.7. The molecule has 61 heavy (non-hydrogen) atoms. The molecule has 4 fully saturated rings. The van der Waals surface area contributed by atoms with Crippen LogP contribution in [0.3, 0.4) is 0 Å². The molecular weight excluding hydrogens is 892 g/mol. The van der Waals surface area contributed by atoms with E-state index in [0.29, 0.717) is 0 Å². The highest BCUT2D eigenvalue weighted by molar-refractivity contribution is 7.81. The van der Waals surface area contributed by atoms with Gasteiger partial charge in [0.1, 0.15) is 97.5 Å². The summed E-state index contributed by atoms with van der Waals surface area (Å²) in [4.78, 5) is 48.4. The predicted molar refractivity (Wildman–Crippen MR) is 170 cm³/mol. The highest BCUT2D eigenvalue weighted by atomic mass is 32.3. The number of carboxylic acids is 2. The molecule has 4 aliphatic rings. The number of aliphatic carboxylic acids is 2. The lowest BCUT2D eigenvalue weighted by atomic mass is 9.94. The molecule has 0 spiro atoms. The minimum atomic E-state index is -5.88. The summed E-state index contributed by atoms with van der Waals surface area (Å²) in [5.41, 5.74) is 0. The molecule has 0 aliphatic carbocycles. The minimum absolute atomic E-state index is 0.785. The second kappa shape index (κ2) is 20.2. The molecule has 20 atom stereocenters. The van der Waals surface area contributed by atoms with Crippen LogP contribution in [0.15, 0.2) is 0 Å². The van der Waals surface area contributed by atoms with Crippen molar-refractivity contribution in [3.05, 3.63) is 0 Å². The van der Waals surface area contributed by atoms with Gasteiger partial charge in [-0.15, -0.1) is 0 Å². The monoisotopic (exact) mass is 932 g/mol. The second-order valence-corrected chi connectivity index (χ2v) is 15.6. The highest BCUT2D eigenvalue weighted by Crippen LogP contribution is 2.36. The van der Waals surface area contributed by atoms with Gasteiger partial charge in [-0.1, -0.05) is 0 Å². The molecule has 352 valence electrons. The van der Waals surface area contributed by atoms with E-state index < -0.39 is 180 Å². The van der Waals surface area contributed by atoms with Gasteiger partial charge < -0.3 is 114 Å². The molecule has 0 bridgehead atoms. The van der Waals surface area contributed by atoms with Gasteiger partial charge in [-0.25, -0.2) is 16.8 Å². The Morgan fingerprint density at radius 3 is 1.39 bits per heavy atom. The van der Waals surface area contributed by atoms with E-state index in [1.165, 1.54) is 0 Å². The SMILES string of the molecule is CC(=O)N[C@@H]1[C@@H](O[C@@H]2O[C@@H](C(=O)[O-])[C@@H](O)[C@H](O[C@@H]3O[C@H](CO)[C@H](OS(=O)(=O)[O-])[C@H](O[C@@H]4O[C@@H](C(=O)[O-])[C@@H](O)[C@H](O)[C@H]4O)[C@H]3NC(C)=O)[C@H]2O)[C@@H](OS(=O)(=O)[O-])[C@@H](CO)O[C@H]1O. The number of nitrogens with one attached hydrogen (secondary N) is 2. The maximum Gasteiger partial charge on any atom is 0.218 e. The van der Waals surface area contributed by atoms with Crippen molar-refractivity contribution in [3.63, 3.8) is 0 Å². The van der Waals surface area contributed by atoms with E-state index in [1.807, 2.05) is 0 Å². The summed E-state index contributed by atoms with van der Waals surface area (Å²) in [7, 11) is -11.7. The molecule has 4 rings (SSSR count). The molecule has 0 aromatic rings. The first-order valence-electron chi connectivity index (χ1n) is 17.3. The molecule has 0 saturated carbocycles. The molecule has 4 saturated heterocycles. The minimum Gasteiger partial charge on any atom is -0.726 e. The van der Waals surface area contributed by atoms with Gasteiger partial charge in [-0.05, 0) is 0 Å². The van der Waals surface area contributed by atoms with Crippen molar-refractivity contribution in [2.24, 2.45) is 0 Å². The number of aliphatic hydroxyl groups excluding tert-OH is 8. The van der Waals surface area contributed by atoms with Crippen LogP contribution < -0.4 is 20.8 Å². The zero-order chi connectivity index (χ0) is 46.0. The van der Waals surface area contributed by atoms with Crippen LogP contribution in [-0.4, -0.2) is 226 Å². The lowest BCUT2D eigenvalue weighted by Crippen LogP contribution is -2.71. The Kier molecular flexibility index (Phi) is 16.8. The molecule has 0 radical (unpaired) electrons. The number of hydrogen-bond donors (Lipinski definition) is 10. The molecule has 31 nitrogen and oxygen atoms in total. The Bertz CT molecular complexity index is 1790. The van der Waals surface area contributed by atoms with Crippen molar-refractivity contribution >= 4 is 44.6 Å². The first-order valence-corrected chi connectivity index (χ1v) is 20.0. The van der Waals surface area contributed by atoms with E-state index in [0.717, 1.165) is 13.8 Å². The van der Waals surface area contributed by atoms with Crippen molar-refractivity contribution in [2.75, 3.05) is 13.2 Å². The fourth-order valence-electron chi connectivity index (χ4n) is 6.76. The Morgan fingerprint density at radius 1 is 0.541 bits per heavy atom. The second-order valence-electron chi connectivity index (χ2n) is 13.6. The molecule has 0 aromatic heterocycles. The van der Waals surface area contributed by atoms with E-state index in [9.17, 15) is 96.2 Å². The number of carbonyl (C=O) groups is 4. The summed E-state index contributed by atoms with van der Waals surface area (Å²) in [6.07, 6.45) is -43.5. The molecule has 0 unspecified atom stereocenters. The summed E-state index contributed by atoms with van der Waals surface area (Å²) < 4.78 is 117. The van der Waals surface area contributed by atoms with Crippen LogP contribution >= 0.6 is 0 Å². The van der Waals surface area contributed by atoms with Crippen LogP contribution in [0.4, 0.5) is 0 Å². The number of amides is 2. The predicted octanol–water partition coefficient (Wildman–Crippen LogP) is -13.0. The lowest BCUT2D eigenvalue weighted by Gasteiger charge is -2.51. The fourth-order valence-corrected chi connectivity index (χ4v) is 7.77. The van der Waals surface area contributed by atoms with Gasteiger partial charge in [-0.2, -0.15) is 0 Å². The molecule has 33 heteroatoms. The molecule has 4 heterocycles. The maximum atomic E-state index is 12.5. The van der Waals surface area contributed by atoms with E-state index >= 15 is 0 Å². The Labute approximate surface area is 342 Å². The Morgan fingerprint density at radius 2 is 0.951 bits per heavy atom. The molecule has 2 amide bonds. The summed E-state index contributed by atoms with van der Waals surface area (Å²) >= 11 is 0. The third kappa shape index (κ3) is 12.2. The van der Waals surface area contributed by atoms with Crippen molar-refractivity contribution < 1.29 is 138 Å². The summed E-state index contributed by atoms with van der Waals surface area (Å²) in [5.74, 6) is -6.61. The van der Waals surface area contributed by atoms with E-state index in [1.54, 1.807) is 0 Å². The van der Waals surface area contributed by atoms with Gasteiger partial charge in [0.25, 0.3) is 0 Å². The van der Waals surface area contributed by atoms with Gasteiger partial charge in [-0.3, -0.25) is 18.0 Å². The van der Waals surface area contributed by atoms with Crippen LogP contribution in [0.2, 0.25) is 0 Å². The number of carbonyl (C=O) groups excluding carboxylic acids is 4. The van der Waals surface area contributed by atoms with E-state index in [-0.39, 0.29) is 0 Å². The van der Waals surface area contributed by atoms with Gasteiger partial charge >= 0.3 is 0 Å². The van der Waals surface area contributed by atoms with Crippen LogP contribution in [0.1, 0.15) is 13.8 Å². The first-order chi connectivity index (χ1) is 28.2. The summed E-state index contributed by atoms with van der Waals surface area (Å²) in [5, 5.41) is 112. The number of ether oxygens (including phenoxy) is 7. The number of rotatable bonds is 16. The average Bonchev–Trinajstić information content (AvgIpc) is 3.13. The Hall–Kier alpha value is -2.98. The van der Waals surface area contributed by atoms with Gasteiger partial charge in [0.15, 0.2) is 25.2 Å². The molecule has 4 aliphatic heterocycles. The normalized spacial score (nSPS) is 42.3. The third-order valence-corrected chi connectivity index (χ3v) is 10.2. The van der Waals surface area contributed by atoms with Crippen LogP contribution in [-0.2, 0) is 81.5 Å². The third-order valence-electron chi connectivity index (χ3n) is 9.32. The van der Waals surface area contributed by atoms with Crippen LogP contribution in [0, 0.1) is 0 Å². The van der Waals surface area contributed by atoms with Gasteiger partial charge in [0.05, 0.1) is 25.2 Å². The van der Waals surface area contributed by atoms with Crippen molar-refractivity contribution in [1.82, 2.24) is 10.6 Å². The zero-order valence-electron chi connectivity index (χ0n) is 30.9. The van der Waals surface area contributed by atoms with Crippen molar-refractivity contribution in [2.45, 2.75) is 137 Å². The molecular formula is C28H40N2O29S2-4. The van der Waals surface area contributed by atoms with Crippen molar-refractivity contribution in [3.8, 4) is 0 Å². The smallest absolute Gasteiger partial charge is 0.218 e. The number of carboxylic acid groups (broad SMARTS) is 2. The lowest BCUT2D eigenvalue weighted by molar-refractivity contribution is -0.384. The fraction of sp³-hybridized carbons (Fsp3) is 0.857. The number of hydrogen-bond acceptors (Lipinski definition) is 29. The molecule has 0 aromatic carbocycles. The molecule has 10 N–H and O–H groups in total. The van der Waals surface area contributed by atoms with Gasteiger partial charge in [0, 0.05) is 13.8 Å². The Balaban J connectivity index is 1.79. The summed E-state index contributed by atoms with van der Waals surface area (Å²) in [6, 6.07) is -4.22. The van der Waals surface area contributed by atoms with Crippen molar-refractivity contribution in [1.29, 1.82) is 0 Å². The zero-order valence-corrected chi connectivity index (χ0v) is 32.6.